The molecule has 25 heavy (non-hydrogen) atoms. The van der Waals surface area contributed by atoms with Crippen LogP contribution in [-0.2, 0) is 0 Å². The Bertz CT molecular complexity index is 835. The summed E-state index contributed by atoms with van der Waals surface area (Å²) >= 11 is 0. The molecule has 0 radical (unpaired) electrons. The third-order valence-electron chi connectivity index (χ3n) is 3.25. The smallest absolute Gasteiger partial charge is 0.311 e. The molecule has 3 N–H and O–H groups in total. The summed E-state index contributed by atoms with van der Waals surface area (Å²) in [7, 11) is 2.73. The zero-order valence-electron chi connectivity index (χ0n) is 13.6. The molecule has 0 aliphatic rings. The van der Waals surface area contributed by atoms with E-state index in [0.717, 1.165) is 0 Å². The molecule has 0 aliphatic carbocycles. The monoisotopic (exact) mass is 344 g/mol. The number of hydrogen-bond acceptors (Lipinski definition) is 7. The van der Waals surface area contributed by atoms with Gasteiger partial charge in [0.15, 0.2) is 0 Å². The van der Waals surface area contributed by atoms with Gasteiger partial charge in [0.25, 0.3) is 5.91 Å². The van der Waals surface area contributed by atoms with E-state index in [9.17, 15) is 14.9 Å². The first-order chi connectivity index (χ1) is 12.0. The van der Waals surface area contributed by atoms with Crippen LogP contribution in [0.15, 0.2) is 41.5 Å². The Balaban J connectivity index is 2.23. The van der Waals surface area contributed by atoms with Crippen LogP contribution in [0.1, 0.15) is 15.9 Å². The fraction of sp³-hybridized carbons (Fsp3) is 0.125. The fourth-order valence-electron chi connectivity index (χ4n) is 2.05. The molecule has 9 nitrogen and oxygen atoms in total. The van der Waals surface area contributed by atoms with Crippen LogP contribution in [0.25, 0.3) is 0 Å². The highest BCUT2D eigenvalue weighted by Gasteiger charge is 2.18. The number of hydrazone groups is 1. The third-order valence-corrected chi connectivity index (χ3v) is 3.25. The van der Waals surface area contributed by atoms with Gasteiger partial charge in [-0.3, -0.25) is 14.9 Å². The van der Waals surface area contributed by atoms with Gasteiger partial charge < -0.3 is 15.2 Å². The number of hydrogen-bond donors (Lipinski definition) is 2. The number of ether oxygens (including phenoxy) is 2. The van der Waals surface area contributed by atoms with Gasteiger partial charge in [-0.2, -0.15) is 5.10 Å². The Kier molecular flexibility index (Phi) is 5.51. The van der Waals surface area contributed by atoms with Gasteiger partial charge in [-0.25, -0.2) is 5.43 Å². The van der Waals surface area contributed by atoms with Crippen LogP contribution in [0.2, 0.25) is 0 Å². The molecule has 0 aliphatic heterocycles. The Morgan fingerprint density at radius 2 is 1.96 bits per heavy atom. The number of carbonyl (C=O) groups is 1. The lowest BCUT2D eigenvalue weighted by atomic mass is 10.1. The van der Waals surface area contributed by atoms with E-state index in [0.29, 0.717) is 22.6 Å². The first kappa shape index (κ1) is 17.7. The van der Waals surface area contributed by atoms with Crippen LogP contribution >= 0.6 is 0 Å². The largest absolute Gasteiger partial charge is 0.496 e. The molecule has 2 rings (SSSR count). The molecule has 0 heterocycles. The molecule has 0 bridgehead atoms. The van der Waals surface area contributed by atoms with Crippen molar-refractivity contribution < 1.29 is 19.2 Å². The number of benzene rings is 2. The highest BCUT2D eigenvalue weighted by atomic mass is 16.6. The minimum Gasteiger partial charge on any atom is -0.496 e. The molecule has 0 saturated heterocycles. The molecule has 0 aromatic heterocycles. The van der Waals surface area contributed by atoms with Crippen LogP contribution in [0.4, 0.5) is 11.4 Å². The van der Waals surface area contributed by atoms with Crippen molar-refractivity contribution in [2.45, 2.75) is 0 Å². The minimum absolute atomic E-state index is 0.0581. The molecule has 1 amide bonds. The predicted octanol–water partition coefficient (Wildman–Crippen LogP) is 1.96. The second-order valence-corrected chi connectivity index (χ2v) is 4.85. The first-order valence-electron chi connectivity index (χ1n) is 7.05. The predicted molar refractivity (Wildman–Crippen MR) is 92.1 cm³/mol. The minimum atomic E-state index is -0.582. The van der Waals surface area contributed by atoms with E-state index in [4.69, 9.17) is 15.2 Å². The van der Waals surface area contributed by atoms with Crippen molar-refractivity contribution in [3.05, 3.63) is 57.6 Å². The zero-order chi connectivity index (χ0) is 18.4. The van der Waals surface area contributed by atoms with Gasteiger partial charge in [0.1, 0.15) is 5.75 Å². The number of methoxy groups -OCH3 is 2. The van der Waals surface area contributed by atoms with Gasteiger partial charge in [0.05, 0.1) is 25.4 Å². The lowest BCUT2D eigenvalue weighted by Gasteiger charge is -2.08. The highest BCUT2D eigenvalue weighted by molar-refractivity contribution is 5.96. The van der Waals surface area contributed by atoms with E-state index >= 15 is 0 Å². The van der Waals surface area contributed by atoms with Crippen LogP contribution in [0, 0.1) is 10.1 Å². The quantitative estimate of drug-likeness (QED) is 0.357. The Hall–Kier alpha value is -3.62. The molecule has 2 aromatic rings. The maximum absolute atomic E-state index is 12.0. The third kappa shape index (κ3) is 4.22. The SMILES string of the molecule is COc1cc(OC)c([N+](=O)[O-])cc1/C=N\NC(=O)c1cccc(N)c1. The molecular weight excluding hydrogens is 328 g/mol. The van der Waals surface area contributed by atoms with Crippen molar-refractivity contribution in [3.8, 4) is 11.5 Å². The normalized spacial score (nSPS) is 10.5. The average molecular weight is 344 g/mol. The second-order valence-electron chi connectivity index (χ2n) is 4.85. The van der Waals surface area contributed by atoms with Crippen molar-refractivity contribution in [1.29, 1.82) is 0 Å². The molecule has 0 unspecified atom stereocenters. The average Bonchev–Trinajstić information content (AvgIpc) is 2.60. The number of nitrogens with one attached hydrogen (secondary N) is 1. The number of carbonyl (C=O) groups excluding carboxylic acids is 1. The lowest BCUT2D eigenvalue weighted by molar-refractivity contribution is -0.385. The van der Waals surface area contributed by atoms with E-state index in [-0.39, 0.29) is 11.4 Å². The van der Waals surface area contributed by atoms with Crippen molar-refractivity contribution in [1.82, 2.24) is 5.43 Å². The van der Waals surface area contributed by atoms with Crippen molar-refractivity contribution >= 4 is 23.5 Å². The number of nitro groups is 1. The number of anilines is 1. The topological polar surface area (TPSA) is 129 Å². The summed E-state index contributed by atoms with van der Waals surface area (Å²) in [6.45, 7) is 0. The van der Waals surface area contributed by atoms with E-state index in [2.05, 4.69) is 10.5 Å². The summed E-state index contributed by atoms with van der Waals surface area (Å²) in [6.07, 6.45) is 1.25. The fourth-order valence-corrected chi connectivity index (χ4v) is 2.05. The van der Waals surface area contributed by atoms with Gasteiger partial charge >= 0.3 is 5.69 Å². The van der Waals surface area contributed by atoms with Crippen LogP contribution < -0.4 is 20.6 Å². The van der Waals surface area contributed by atoms with Crippen LogP contribution in [-0.4, -0.2) is 31.3 Å². The Morgan fingerprint density at radius 1 is 1.24 bits per heavy atom. The summed E-state index contributed by atoms with van der Waals surface area (Å²) in [6, 6.07) is 9.00. The van der Waals surface area contributed by atoms with Crippen LogP contribution in [0.3, 0.4) is 0 Å². The Morgan fingerprint density at radius 3 is 2.56 bits per heavy atom. The van der Waals surface area contributed by atoms with E-state index in [1.165, 1.54) is 38.6 Å². The number of nitrogen functional groups attached to an aromatic ring is 1. The summed E-state index contributed by atoms with van der Waals surface area (Å²) < 4.78 is 10.1. The number of nitrogens with two attached hydrogens (primary N) is 1. The van der Waals surface area contributed by atoms with Crippen LogP contribution in [0.5, 0.6) is 11.5 Å². The van der Waals surface area contributed by atoms with E-state index in [1.807, 2.05) is 0 Å². The maximum Gasteiger partial charge on any atom is 0.311 e. The molecule has 0 atom stereocenters. The maximum atomic E-state index is 12.0. The van der Waals surface area contributed by atoms with E-state index < -0.39 is 10.8 Å². The number of amides is 1. The molecule has 9 heteroatoms. The number of rotatable bonds is 6. The molecule has 2 aromatic carbocycles. The van der Waals surface area contributed by atoms with Crippen molar-refractivity contribution in [2.75, 3.05) is 20.0 Å². The molecule has 0 fully saturated rings. The summed E-state index contributed by atoms with van der Waals surface area (Å²) in [5.41, 5.74) is 8.79. The molecule has 130 valence electrons. The van der Waals surface area contributed by atoms with Gasteiger partial charge in [-0.05, 0) is 18.2 Å². The summed E-state index contributed by atoms with van der Waals surface area (Å²) in [5, 5.41) is 14.9. The summed E-state index contributed by atoms with van der Waals surface area (Å²) in [5.74, 6) is -0.0993. The van der Waals surface area contributed by atoms with Crippen molar-refractivity contribution in [2.24, 2.45) is 5.10 Å². The van der Waals surface area contributed by atoms with E-state index in [1.54, 1.807) is 18.2 Å². The van der Waals surface area contributed by atoms with Gasteiger partial charge in [-0.1, -0.05) is 6.07 Å². The number of nitrogens with zero attached hydrogens (tertiary/aromatic N) is 2. The van der Waals surface area contributed by atoms with Gasteiger partial charge in [-0.15, -0.1) is 0 Å². The highest BCUT2D eigenvalue weighted by Crippen LogP contribution is 2.33. The Labute approximate surface area is 143 Å². The van der Waals surface area contributed by atoms with Gasteiger partial charge in [0, 0.05) is 28.9 Å². The second kappa shape index (κ2) is 7.77. The molecule has 0 spiro atoms. The number of nitro benzene ring substituents is 1. The van der Waals surface area contributed by atoms with Crippen molar-refractivity contribution in [3.63, 3.8) is 0 Å². The zero-order valence-corrected chi connectivity index (χ0v) is 13.6. The standard InChI is InChI=1S/C16H16N4O5/c1-24-14-8-15(25-2)13(20(22)23)7-11(14)9-18-19-16(21)10-4-3-5-12(17)6-10/h3-9H,17H2,1-2H3,(H,19,21)/b18-9-. The lowest BCUT2D eigenvalue weighted by Crippen LogP contribution is -2.17. The first-order valence-corrected chi connectivity index (χ1v) is 7.05. The summed E-state index contributed by atoms with van der Waals surface area (Å²) in [4.78, 5) is 22.5. The molecular formula is C16H16N4O5. The molecule has 0 saturated carbocycles. The van der Waals surface area contributed by atoms with Gasteiger partial charge in [0.2, 0.25) is 5.75 Å².